The number of rotatable bonds is 5. The van der Waals surface area contributed by atoms with Gasteiger partial charge in [-0.05, 0) is 12.0 Å². The van der Waals surface area contributed by atoms with E-state index < -0.39 is 0 Å². The lowest BCUT2D eigenvalue weighted by Gasteiger charge is -1.98. The summed E-state index contributed by atoms with van der Waals surface area (Å²) in [5.41, 5.74) is 1.48. The molecule has 1 rings (SSSR count). The van der Waals surface area contributed by atoms with E-state index in [1.807, 2.05) is 0 Å². The SMILES string of the molecule is CCBCCCc1ccccc1. The van der Waals surface area contributed by atoms with Crippen molar-refractivity contribution in [1.29, 1.82) is 0 Å². The highest BCUT2D eigenvalue weighted by Crippen LogP contribution is 2.04. The Bertz CT molecular complexity index is 193. The van der Waals surface area contributed by atoms with Gasteiger partial charge in [0.25, 0.3) is 0 Å². The van der Waals surface area contributed by atoms with Crippen molar-refractivity contribution in [1.82, 2.24) is 0 Å². The minimum absolute atomic E-state index is 1.25. The predicted molar refractivity (Wildman–Crippen MR) is 57.2 cm³/mol. The molecular formula is C11H17B. The lowest BCUT2D eigenvalue weighted by Crippen LogP contribution is -1.89. The van der Waals surface area contributed by atoms with Crippen molar-refractivity contribution < 1.29 is 0 Å². The van der Waals surface area contributed by atoms with E-state index in [2.05, 4.69) is 37.3 Å². The molecule has 0 aliphatic heterocycles. The normalized spacial score (nSPS) is 9.75. The van der Waals surface area contributed by atoms with Crippen LogP contribution in [0.25, 0.3) is 0 Å². The zero-order valence-electron chi connectivity index (χ0n) is 7.92. The van der Waals surface area contributed by atoms with Gasteiger partial charge in [-0.2, -0.15) is 0 Å². The van der Waals surface area contributed by atoms with Gasteiger partial charge in [-0.3, -0.25) is 0 Å². The van der Waals surface area contributed by atoms with Crippen LogP contribution in [0.15, 0.2) is 30.3 Å². The van der Waals surface area contributed by atoms with Crippen molar-refractivity contribution in [3.8, 4) is 0 Å². The maximum absolute atomic E-state index is 2.25. The highest BCUT2D eigenvalue weighted by molar-refractivity contribution is 6.35. The fourth-order valence-electron chi connectivity index (χ4n) is 1.40. The van der Waals surface area contributed by atoms with Crippen LogP contribution in [-0.2, 0) is 6.42 Å². The zero-order valence-corrected chi connectivity index (χ0v) is 7.92. The molecule has 0 saturated heterocycles. The minimum Gasteiger partial charge on any atom is -0.0803 e. The Hall–Kier alpha value is -0.715. The van der Waals surface area contributed by atoms with Gasteiger partial charge in [0.1, 0.15) is 7.28 Å². The van der Waals surface area contributed by atoms with E-state index in [1.165, 1.54) is 38.3 Å². The molecule has 1 aromatic rings. The van der Waals surface area contributed by atoms with E-state index in [9.17, 15) is 0 Å². The maximum atomic E-state index is 2.25. The van der Waals surface area contributed by atoms with Gasteiger partial charge in [0.2, 0.25) is 0 Å². The second kappa shape index (κ2) is 5.88. The van der Waals surface area contributed by atoms with Crippen LogP contribution in [0, 0.1) is 0 Å². The van der Waals surface area contributed by atoms with Crippen molar-refractivity contribution in [2.45, 2.75) is 32.4 Å². The fraction of sp³-hybridized carbons (Fsp3) is 0.455. The van der Waals surface area contributed by atoms with Crippen LogP contribution in [0.3, 0.4) is 0 Å². The van der Waals surface area contributed by atoms with Crippen molar-refractivity contribution in [3.63, 3.8) is 0 Å². The van der Waals surface area contributed by atoms with Crippen LogP contribution in [0.1, 0.15) is 18.9 Å². The summed E-state index contributed by atoms with van der Waals surface area (Å²) in [5, 5.41) is 0. The molecule has 0 nitrogen and oxygen atoms in total. The zero-order chi connectivity index (χ0) is 8.65. The Morgan fingerprint density at radius 1 is 1.17 bits per heavy atom. The first-order valence-corrected chi connectivity index (χ1v) is 4.97. The van der Waals surface area contributed by atoms with Gasteiger partial charge in [-0.15, -0.1) is 0 Å². The molecule has 0 aromatic heterocycles. The van der Waals surface area contributed by atoms with E-state index in [4.69, 9.17) is 0 Å². The summed E-state index contributed by atoms with van der Waals surface area (Å²) in [6, 6.07) is 10.7. The van der Waals surface area contributed by atoms with Crippen LogP contribution in [-0.4, -0.2) is 7.28 Å². The average Bonchev–Trinajstić information content (AvgIpc) is 2.14. The third-order valence-electron chi connectivity index (χ3n) is 2.16. The van der Waals surface area contributed by atoms with E-state index in [1.54, 1.807) is 0 Å². The molecule has 0 heterocycles. The molecule has 0 atom stereocenters. The Morgan fingerprint density at radius 2 is 1.92 bits per heavy atom. The fourth-order valence-corrected chi connectivity index (χ4v) is 1.40. The highest BCUT2D eigenvalue weighted by atomic mass is 13.9. The summed E-state index contributed by atoms with van der Waals surface area (Å²) in [4.78, 5) is 0. The standard InChI is InChI=1S/C11H17B/c1-2-12-10-6-9-11-7-4-3-5-8-11/h3-5,7-8,12H,2,6,9-10H2,1H3. The molecule has 1 aromatic carbocycles. The molecule has 0 saturated carbocycles. The van der Waals surface area contributed by atoms with Gasteiger partial charge in [0.15, 0.2) is 0 Å². The van der Waals surface area contributed by atoms with Gasteiger partial charge in [-0.1, -0.05) is 56.3 Å². The van der Waals surface area contributed by atoms with E-state index in [0.29, 0.717) is 0 Å². The molecule has 64 valence electrons. The largest absolute Gasteiger partial charge is 0.120 e. The van der Waals surface area contributed by atoms with Crippen LogP contribution in [0.5, 0.6) is 0 Å². The van der Waals surface area contributed by atoms with Gasteiger partial charge in [-0.25, -0.2) is 0 Å². The van der Waals surface area contributed by atoms with Gasteiger partial charge < -0.3 is 0 Å². The second-order valence-electron chi connectivity index (χ2n) is 3.30. The summed E-state index contributed by atoms with van der Waals surface area (Å²) in [5.74, 6) is 0. The number of hydrogen-bond acceptors (Lipinski definition) is 0. The Labute approximate surface area is 76.2 Å². The molecule has 1 heteroatoms. The summed E-state index contributed by atoms with van der Waals surface area (Å²) in [6.07, 6.45) is 5.30. The van der Waals surface area contributed by atoms with Crippen LogP contribution >= 0.6 is 0 Å². The Balaban J connectivity index is 2.16. The Kier molecular flexibility index (Phi) is 4.59. The van der Waals surface area contributed by atoms with Gasteiger partial charge in [0.05, 0.1) is 0 Å². The molecule has 0 spiro atoms. The van der Waals surface area contributed by atoms with E-state index >= 15 is 0 Å². The van der Waals surface area contributed by atoms with Gasteiger partial charge >= 0.3 is 0 Å². The first-order valence-electron chi connectivity index (χ1n) is 4.97. The van der Waals surface area contributed by atoms with Crippen LogP contribution in [0.4, 0.5) is 0 Å². The third kappa shape index (κ3) is 3.61. The third-order valence-corrected chi connectivity index (χ3v) is 2.16. The minimum atomic E-state index is 1.25. The lowest BCUT2D eigenvalue weighted by atomic mass is 9.70. The highest BCUT2D eigenvalue weighted by Gasteiger charge is 1.91. The molecule has 0 fully saturated rings. The predicted octanol–water partition coefficient (Wildman–Crippen LogP) is 2.91. The molecule has 0 radical (unpaired) electrons. The number of benzene rings is 1. The summed E-state index contributed by atoms with van der Waals surface area (Å²) in [7, 11) is 1.38. The Morgan fingerprint density at radius 3 is 2.58 bits per heavy atom. The molecule has 0 bridgehead atoms. The topological polar surface area (TPSA) is 0 Å². The maximum Gasteiger partial charge on any atom is 0.120 e. The number of hydrogen-bond donors (Lipinski definition) is 0. The average molecular weight is 160 g/mol. The first kappa shape index (κ1) is 9.37. The van der Waals surface area contributed by atoms with Gasteiger partial charge in [0, 0.05) is 0 Å². The van der Waals surface area contributed by atoms with Crippen molar-refractivity contribution in [2.24, 2.45) is 0 Å². The second-order valence-corrected chi connectivity index (χ2v) is 3.30. The van der Waals surface area contributed by atoms with Crippen molar-refractivity contribution in [2.75, 3.05) is 0 Å². The van der Waals surface area contributed by atoms with E-state index in [-0.39, 0.29) is 0 Å². The first-order chi connectivity index (χ1) is 5.93. The van der Waals surface area contributed by atoms with Crippen LogP contribution in [0.2, 0.25) is 12.6 Å². The molecular weight excluding hydrogens is 143 g/mol. The summed E-state index contributed by atoms with van der Waals surface area (Å²) in [6.45, 7) is 2.25. The summed E-state index contributed by atoms with van der Waals surface area (Å²) < 4.78 is 0. The quantitative estimate of drug-likeness (QED) is 0.458. The molecule has 12 heavy (non-hydrogen) atoms. The molecule has 0 unspecified atom stereocenters. The molecule has 0 aliphatic carbocycles. The van der Waals surface area contributed by atoms with Crippen molar-refractivity contribution in [3.05, 3.63) is 35.9 Å². The lowest BCUT2D eigenvalue weighted by molar-refractivity contribution is 0.912. The van der Waals surface area contributed by atoms with E-state index in [0.717, 1.165) is 0 Å². The molecule has 0 N–H and O–H groups in total. The smallest absolute Gasteiger partial charge is 0.0803 e. The molecule has 0 aliphatic rings. The number of aryl methyl sites for hydroxylation is 1. The summed E-state index contributed by atoms with van der Waals surface area (Å²) >= 11 is 0. The van der Waals surface area contributed by atoms with Crippen molar-refractivity contribution >= 4 is 7.28 Å². The molecule has 0 amide bonds. The van der Waals surface area contributed by atoms with Crippen LogP contribution < -0.4 is 0 Å². The monoisotopic (exact) mass is 160 g/mol.